The minimum Gasteiger partial charge on any atom is -0.469 e. The van der Waals surface area contributed by atoms with Crippen LogP contribution in [0.4, 0.5) is 5.69 Å². The van der Waals surface area contributed by atoms with E-state index in [1.807, 2.05) is 54.6 Å². The maximum Gasteiger partial charge on any atom is 0.307 e. The highest BCUT2D eigenvalue weighted by molar-refractivity contribution is 5.69. The minimum absolute atomic E-state index is 0.221. The van der Waals surface area contributed by atoms with Gasteiger partial charge in [0.1, 0.15) is 11.5 Å². The number of rotatable bonds is 6. The Morgan fingerprint density at radius 3 is 2.30 bits per heavy atom. The third-order valence-corrected chi connectivity index (χ3v) is 2.72. The lowest BCUT2D eigenvalue weighted by atomic mass is 10.3. The van der Waals surface area contributed by atoms with Crippen molar-refractivity contribution in [2.75, 3.05) is 19.0 Å². The molecule has 4 nitrogen and oxygen atoms in total. The van der Waals surface area contributed by atoms with Crippen LogP contribution in [0.2, 0.25) is 0 Å². The molecule has 4 heteroatoms. The third-order valence-electron chi connectivity index (χ3n) is 2.72. The van der Waals surface area contributed by atoms with Gasteiger partial charge in [-0.3, -0.25) is 4.79 Å². The van der Waals surface area contributed by atoms with Crippen molar-refractivity contribution in [2.24, 2.45) is 0 Å². The molecule has 0 unspecified atom stereocenters. The Morgan fingerprint density at radius 1 is 1.00 bits per heavy atom. The van der Waals surface area contributed by atoms with Gasteiger partial charge in [0.2, 0.25) is 0 Å². The molecule has 0 amide bonds. The van der Waals surface area contributed by atoms with Crippen LogP contribution in [0.1, 0.15) is 6.42 Å². The van der Waals surface area contributed by atoms with E-state index >= 15 is 0 Å². The van der Waals surface area contributed by atoms with Crippen molar-refractivity contribution in [1.29, 1.82) is 0 Å². The van der Waals surface area contributed by atoms with Crippen LogP contribution in [0, 0.1) is 0 Å². The van der Waals surface area contributed by atoms with E-state index in [-0.39, 0.29) is 5.97 Å². The Kier molecular flexibility index (Phi) is 5.00. The van der Waals surface area contributed by atoms with Crippen LogP contribution in [0.3, 0.4) is 0 Å². The van der Waals surface area contributed by atoms with Gasteiger partial charge in [0, 0.05) is 12.2 Å². The van der Waals surface area contributed by atoms with E-state index in [1.165, 1.54) is 7.11 Å². The summed E-state index contributed by atoms with van der Waals surface area (Å²) in [6, 6.07) is 17.2. The normalized spacial score (nSPS) is 9.85. The topological polar surface area (TPSA) is 47.6 Å². The van der Waals surface area contributed by atoms with E-state index in [0.29, 0.717) is 13.0 Å². The van der Waals surface area contributed by atoms with Crippen molar-refractivity contribution < 1.29 is 14.3 Å². The molecule has 1 N–H and O–H groups in total. The summed E-state index contributed by atoms with van der Waals surface area (Å²) in [5, 5.41) is 3.14. The Hall–Kier alpha value is -2.49. The van der Waals surface area contributed by atoms with E-state index in [9.17, 15) is 4.79 Å². The SMILES string of the molecule is COC(=O)CCNc1ccc(Oc2ccccc2)cc1. The lowest BCUT2D eigenvalue weighted by Gasteiger charge is -2.08. The number of methoxy groups -OCH3 is 1. The monoisotopic (exact) mass is 271 g/mol. The highest BCUT2D eigenvalue weighted by atomic mass is 16.5. The molecule has 0 aliphatic rings. The summed E-state index contributed by atoms with van der Waals surface area (Å²) in [7, 11) is 1.39. The molecule has 104 valence electrons. The summed E-state index contributed by atoms with van der Waals surface area (Å²) in [5.74, 6) is 1.36. The second-order valence-electron chi connectivity index (χ2n) is 4.19. The number of hydrogen-bond donors (Lipinski definition) is 1. The predicted octanol–water partition coefficient (Wildman–Crippen LogP) is 3.45. The van der Waals surface area contributed by atoms with Crippen LogP contribution in [-0.4, -0.2) is 19.6 Å². The van der Waals surface area contributed by atoms with Crippen LogP contribution in [-0.2, 0) is 9.53 Å². The van der Waals surface area contributed by atoms with E-state index < -0.39 is 0 Å². The molecule has 2 aromatic rings. The molecule has 0 bridgehead atoms. The zero-order valence-electron chi connectivity index (χ0n) is 11.3. The van der Waals surface area contributed by atoms with Crippen molar-refractivity contribution in [2.45, 2.75) is 6.42 Å². The fraction of sp³-hybridized carbons (Fsp3) is 0.188. The van der Waals surface area contributed by atoms with Gasteiger partial charge in [0.25, 0.3) is 0 Å². The van der Waals surface area contributed by atoms with Crippen LogP contribution in [0.5, 0.6) is 11.5 Å². The number of carbonyl (C=O) groups is 1. The number of esters is 1. The molecule has 0 radical (unpaired) electrons. The minimum atomic E-state index is -0.221. The Labute approximate surface area is 118 Å². The van der Waals surface area contributed by atoms with Gasteiger partial charge in [0.05, 0.1) is 13.5 Å². The van der Waals surface area contributed by atoms with E-state index in [0.717, 1.165) is 17.2 Å². The first kappa shape index (κ1) is 13.9. The number of hydrogen-bond acceptors (Lipinski definition) is 4. The number of benzene rings is 2. The van der Waals surface area contributed by atoms with E-state index in [2.05, 4.69) is 10.1 Å². The summed E-state index contributed by atoms with van der Waals surface area (Å²) in [6.07, 6.45) is 0.346. The van der Waals surface area contributed by atoms with Gasteiger partial charge in [-0.2, -0.15) is 0 Å². The van der Waals surface area contributed by atoms with Gasteiger partial charge < -0.3 is 14.8 Å². The molecule has 0 fully saturated rings. The highest BCUT2D eigenvalue weighted by Crippen LogP contribution is 2.22. The average molecular weight is 271 g/mol. The first-order chi connectivity index (χ1) is 9.78. The number of nitrogens with one attached hydrogen (secondary N) is 1. The lowest BCUT2D eigenvalue weighted by Crippen LogP contribution is -2.09. The molecule has 0 saturated carbocycles. The standard InChI is InChI=1S/C16H17NO3/c1-19-16(18)11-12-17-13-7-9-15(10-8-13)20-14-5-3-2-4-6-14/h2-10,17H,11-12H2,1H3. The summed E-state index contributed by atoms with van der Waals surface area (Å²) in [5.41, 5.74) is 0.939. The first-order valence-electron chi connectivity index (χ1n) is 6.41. The number of carbonyl (C=O) groups excluding carboxylic acids is 1. The Bertz CT molecular complexity index is 537. The molecule has 0 aliphatic heterocycles. The molecule has 0 atom stereocenters. The molecule has 2 aromatic carbocycles. The van der Waals surface area contributed by atoms with Gasteiger partial charge >= 0.3 is 5.97 Å². The Morgan fingerprint density at radius 2 is 1.65 bits per heavy atom. The summed E-state index contributed by atoms with van der Waals surface area (Å²) in [6.45, 7) is 0.547. The fourth-order valence-electron chi connectivity index (χ4n) is 1.68. The van der Waals surface area contributed by atoms with Crippen LogP contribution < -0.4 is 10.1 Å². The van der Waals surface area contributed by atoms with Gasteiger partial charge in [-0.1, -0.05) is 18.2 Å². The number of para-hydroxylation sites is 1. The maximum absolute atomic E-state index is 11.0. The first-order valence-corrected chi connectivity index (χ1v) is 6.41. The fourth-order valence-corrected chi connectivity index (χ4v) is 1.68. The van der Waals surface area contributed by atoms with Crippen molar-refractivity contribution in [3.05, 3.63) is 54.6 Å². The summed E-state index contributed by atoms with van der Waals surface area (Å²) in [4.78, 5) is 11.0. The summed E-state index contributed by atoms with van der Waals surface area (Å²) < 4.78 is 10.3. The highest BCUT2D eigenvalue weighted by Gasteiger charge is 2.00. The van der Waals surface area contributed by atoms with Crippen LogP contribution in [0.15, 0.2) is 54.6 Å². The van der Waals surface area contributed by atoms with Crippen LogP contribution >= 0.6 is 0 Å². The molecule has 2 rings (SSSR count). The summed E-state index contributed by atoms with van der Waals surface area (Å²) >= 11 is 0. The zero-order chi connectivity index (χ0) is 14.2. The zero-order valence-corrected chi connectivity index (χ0v) is 11.3. The van der Waals surface area contributed by atoms with Gasteiger partial charge in [-0.05, 0) is 36.4 Å². The van der Waals surface area contributed by atoms with Crippen molar-refractivity contribution in [3.63, 3.8) is 0 Å². The quantitative estimate of drug-likeness (QED) is 0.817. The number of ether oxygens (including phenoxy) is 2. The smallest absolute Gasteiger partial charge is 0.307 e. The van der Waals surface area contributed by atoms with Crippen molar-refractivity contribution in [3.8, 4) is 11.5 Å². The molecule has 0 saturated heterocycles. The van der Waals surface area contributed by atoms with Gasteiger partial charge in [-0.15, -0.1) is 0 Å². The molecule has 0 spiro atoms. The van der Waals surface area contributed by atoms with E-state index in [1.54, 1.807) is 0 Å². The maximum atomic E-state index is 11.0. The largest absolute Gasteiger partial charge is 0.469 e. The Balaban J connectivity index is 1.85. The van der Waals surface area contributed by atoms with Gasteiger partial charge in [-0.25, -0.2) is 0 Å². The third kappa shape index (κ3) is 4.31. The molecular formula is C16H17NO3. The van der Waals surface area contributed by atoms with E-state index in [4.69, 9.17) is 4.74 Å². The molecular weight excluding hydrogens is 254 g/mol. The molecule has 0 aromatic heterocycles. The molecule has 0 heterocycles. The second-order valence-corrected chi connectivity index (χ2v) is 4.19. The number of anilines is 1. The molecule has 0 aliphatic carbocycles. The van der Waals surface area contributed by atoms with Crippen molar-refractivity contribution in [1.82, 2.24) is 0 Å². The van der Waals surface area contributed by atoms with Crippen LogP contribution in [0.25, 0.3) is 0 Å². The predicted molar refractivity (Wildman–Crippen MR) is 78.1 cm³/mol. The van der Waals surface area contributed by atoms with Crippen molar-refractivity contribution >= 4 is 11.7 Å². The molecule has 20 heavy (non-hydrogen) atoms. The van der Waals surface area contributed by atoms with Gasteiger partial charge in [0.15, 0.2) is 0 Å². The lowest BCUT2D eigenvalue weighted by molar-refractivity contribution is -0.140. The average Bonchev–Trinajstić information content (AvgIpc) is 2.50. The second kappa shape index (κ2) is 7.19.